The predicted molar refractivity (Wildman–Crippen MR) is 80.1 cm³/mol. The van der Waals surface area contributed by atoms with Gasteiger partial charge in [0, 0.05) is 36.0 Å². The molecule has 1 aliphatic heterocycles. The lowest BCUT2D eigenvalue weighted by atomic mass is 9.93. The van der Waals surface area contributed by atoms with E-state index >= 15 is 0 Å². The lowest BCUT2D eigenvalue weighted by Crippen LogP contribution is -2.37. The third-order valence-electron chi connectivity index (χ3n) is 4.44. The van der Waals surface area contributed by atoms with Crippen LogP contribution in [0, 0.1) is 0 Å². The van der Waals surface area contributed by atoms with Crippen molar-refractivity contribution in [2.75, 3.05) is 13.1 Å². The molecule has 0 spiro atoms. The van der Waals surface area contributed by atoms with Crippen LogP contribution in [0.15, 0.2) is 17.2 Å². The van der Waals surface area contributed by atoms with E-state index < -0.39 is 9.05 Å². The monoisotopic (exact) mass is 330 g/mol. The summed E-state index contributed by atoms with van der Waals surface area (Å²) in [5, 5.41) is 0. The van der Waals surface area contributed by atoms with Crippen molar-refractivity contribution in [3.8, 4) is 0 Å². The smallest absolute Gasteiger partial charge is 0.270 e. The van der Waals surface area contributed by atoms with Crippen LogP contribution in [0.1, 0.15) is 55.1 Å². The molecule has 0 unspecified atom stereocenters. The molecule has 1 aliphatic carbocycles. The molecule has 7 heteroatoms. The molecule has 2 heterocycles. The molecule has 0 atom stereocenters. The van der Waals surface area contributed by atoms with E-state index in [4.69, 9.17) is 10.7 Å². The van der Waals surface area contributed by atoms with E-state index in [0.717, 1.165) is 51.6 Å². The number of rotatable bonds is 3. The molecule has 1 aromatic rings. The van der Waals surface area contributed by atoms with Gasteiger partial charge < -0.3 is 9.47 Å². The van der Waals surface area contributed by atoms with Crippen LogP contribution in [-0.2, 0) is 9.05 Å². The molecular formula is C14H19ClN2O3S. The number of nitrogens with zero attached hydrogens (tertiary/aromatic N) is 2. The first kappa shape index (κ1) is 14.9. The zero-order valence-electron chi connectivity index (χ0n) is 11.8. The van der Waals surface area contributed by atoms with Gasteiger partial charge in [-0.1, -0.05) is 0 Å². The van der Waals surface area contributed by atoms with E-state index in [2.05, 4.69) is 0 Å². The van der Waals surface area contributed by atoms with E-state index in [1.807, 2.05) is 9.47 Å². The Bertz CT molecular complexity index is 643. The van der Waals surface area contributed by atoms with Gasteiger partial charge in [-0.05, 0) is 44.6 Å². The first-order valence-electron chi connectivity index (χ1n) is 7.42. The summed E-state index contributed by atoms with van der Waals surface area (Å²) < 4.78 is 24.9. The van der Waals surface area contributed by atoms with Gasteiger partial charge >= 0.3 is 0 Å². The molecule has 1 saturated heterocycles. The second kappa shape index (κ2) is 5.65. The maximum atomic E-state index is 12.7. The number of hydrogen-bond acceptors (Lipinski definition) is 3. The first-order valence-corrected chi connectivity index (χ1v) is 9.73. The number of aromatic nitrogens is 1. The highest BCUT2D eigenvalue weighted by atomic mass is 35.7. The highest BCUT2D eigenvalue weighted by Crippen LogP contribution is 2.35. The molecular weight excluding hydrogens is 312 g/mol. The Morgan fingerprint density at radius 2 is 1.81 bits per heavy atom. The normalized spacial score (nSPS) is 20.3. The van der Waals surface area contributed by atoms with Crippen LogP contribution >= 0.6 is 10.7 Å². The minimum Gasteiger partial charge on any atom is -0.339 e. The van der Waals surface area contributed by atoms with E-state index in [9.17, 15) is 13.2 Å². The van der Waals surface area contributed by atoms with Crippen LogP contribution in [-0.4, -0.2) is 36.9 Å². The number of halogens is 1. The zero-order chi connectivity index (χ0) is 15.0. The van der Waals surface area contributed by atoms with Crippen molar-refractivity contribution in [3.63, 3.8) is 0 Å². The first-order chi connectivity index (χ1) is 9.97. The number of piperidine rings is 1. The average molecular weight is 331 g/mol. The Morgan fingerprint density at radius 3 is 2.33 bits per heavy atom. The van der Waals surface area contributed by atoms with Crippen LogP contribution in [0.25, 0.3) is 0 Å². The van der Waals surface area contributed by atoms with Crippen molar-refractivity contribution in [2.24, 2.45) is 0 Å². The fourth-order valence-electron chi connectivity index (χ4n) is 2.98. The van der Waals surface area contributed by atoms with E-state index in [-0.39, 0.29) is 16.8 Å². The maximum absolute atomic E-state index is 12.7. The van der Waals surface area contributed by atoms with Gasteiger partial charge in [0.05, 0.1) is 0 Å². The molecule has 0 bridgehead atoms. The van der Waals surface area contributed by atoms with Gasteiger partial charge in [0.15, 0.2) is 0 Å². The van der Waals surface area contributed by atoms with Crippen LogP contribution in [0.4, 0.5) is 0 Å². The Morgan fingerprint density at radius 1 is 1.14 bits per heavy atom. The van der Waals surface area contributed by atoms with Gasteiger partial charge in [-0.3, -0.25) is 4.79 Å². The van der Waals surface area contributed by atoms with Crippen LogP contribution < -0.4 is 0 Å². The summed E-state index contributed by atoms with van der Waals surface area (Å²) >= 11 is 0. The van der Waals surface area contributed by atoms with E-state index in [1.165, 1.54) is 12.3 Å². The minimum atomic E-state index is -3.81. The third-order valence-corrected chi connectivity index (χ3v) is 5.76. The average Bonchev–Trinajstić information content (AvgIpc) is 2.81. The molecule has 1 saturated carbocycles. The molecule has 1 amide bonds. The Hall–Kier alpha value is -1.01. The summed E-state index contributed by atoms with van der Waals surface area (Å²) in [6.07, 6.45) is 7.77. The molecule has 0 aromatic carbocycles. The molecule has 2 fully saturated rings. The van der Waals surface area contributed by atoms with Gasteiger partial charge in [0.2, 0.25) is 0 Å². The summed E-state index contributed by atoms with van der Waals surface area (Å²) in [6, 6.07) is 1.65. The lowest BCUT2D eigenvalue weighted by molar-refractivity contribution is 0.0707. The summed E-state index contributed by atoms with van der Waals surface area (Å²) in [7, 11) is 1.63. The highest BCUT2D eigenvalue weighted by Gasteiger charge is 2.29. The van der Waals surface area contributed by atoms with Gasteiger partial charge in [-0.2, -0.15) is 0 Å². The predicted octanol–water partition coefficient (Wildman–Crippen LogP) is 2.77. The second-order valence-corrected chi connectivity index (χ2v) is 8.41. The third kappa shape index (κ3) is 2.97. The van der Waals surface area contributed by atoms with E-state index in [0.29, 0.717) is 5.69 Å². The lowest BCUT2D eigenvalue weighted by Gasteiger charge is -2.31. The summed E-state index contributed by atoms with van der Waals surface area (Å²) in [5.74, 6) is -0.0758. The van der Waals surface area contributed by atoms with Crippen LogP contribution in [0.2, 0.25) is 0 Å². The van der Waals surface area contributed by atoms with Crippen molar-refractivity contribution in [2.45, 2.75) is 49.5 Å². The van der Waals surface area contributed by atoms with Crippen molar-refractivity contribution in [1.82, 2.24) is 9.47 Å². The summed E-state index contributed by atoms with van der Waals surface area (Å²) in [6.45, 7) is 1.50. The SMILES string of the molecule is O=C(c1cc(S(=O)(=O)Cl)cn1C1CCC1)N1CCCCC1. The molecule has 5 nitrogen and oxygen atoms in total. The summed E-state index contributed by atoms with van der Waals surface area (Å²) in [4.78, 5) is 14.5. The molecule has 0 radical (unpaired) electrons. The maximum Gasteiger partial charge on any atom is 0.270 e. The number of amides is 1. The molecule has 21 heavy (non-hydrogen) atoms. The molecule has 2 aliphatic rings. The van der Waals surface area contributed by atoms with E-state index in [1.54, 1.807) is 0 Å². The van der Waals surface area contributed by atoms with Crippen molar-refractivity contribution in [3.05, 3.63) is 18.0 Å². The molecule has 1 aromatic heterocycles. The fourth-order valence-corrected chi connectivity index (χ4v) is 3.73. The Kier molecular flexibility index (Phi) is 4.01. The number of hydrogen-bond donors (Lipinski definition) is 0. The standard InChI is InChI=1S/C14H19ClN2O3S/c15-21(19,20)12-9-13(17(10-12)11-5-4-6-11)14(18)16-7-2-1-3-8-16/h9-11H,1-8H2. The Labute approximate surface area is 129 Å². The summed E-state index contributed by atoms with van der Waals surface area (Å²) in [5.41, 5.74) is 0.459. The largest absolute Gasteiger partial charge is 0.339 e. The number of likely N-dealkylation sites (tertiary alicyclic amines) is 1. The number of carbonyl (C=O) groups excluding carboxylic acids is 1. The second-order valence-electron chi connectivity index (χ2n) is 5.84. The quantitative estimate of drug-likeness (QED) is 0.801. The fraction of sp³-hybridized carbons (Fsp3) is 0.643. The van der Waals surface area contributed by atoms with Crippen molar-refractivity contribution < 1.29 is 13.2 Å². The zero-order valence-corrected chi connectivity index (χ0v) is 13.4. The topological polar surface area (TPSA) is 59.4 Å². The van der Waals surface area contributed by atoms with Gasteiger partial charge in [-0.25, -0.2) is 8.42 Å². The minimum absolute atomic E-state index is 0.0245. The van der Waals surface area contributed by atoms with Gasteiger partial charge in [0.25, 0.3) is 15.0 Å². The molecule has 0 N–H and O–H groups in total. The molecule has 116 valence electrons. The Balaban J connectivity index is 1.95. The van der Waals surface area contributed by atoms with Gasteiger partial charge in [-0.15, -0.1) is 0 Å². The van der Waals surface area contributed by atoms with Crippen molar-refractivity contribution >= 4 is 25.6 Å². The molecule has 3 rings (SSSR count). The number of carbonyl (C=O) groups is 1. The highest BCUT2D eigenvalue weighted by molar-refractivity contribution is 8.13. The van der Waals surface area contributed by atoms with Crippen LogP contribution in [0.3, 0.4) is 0 Å². The van der Waals surface area contributed by atoms with Crippen molar-refractivity contribution in [1.29, 1.82) is 0 Å². The van der Waals surface area contributed by atoms with Crippen LogP contribution in [0.5, 0.6) is 0 Å². The van der Waals surface area contributed by atoms with Gasteiger partial charge in [0.1, 0.15) is 10.6 Å².